The van der Waals surface area contributed by atoms with Gasteiger partial charge in [0.25, 0.3) is 0 Å². The Bertz CT molecular complexity index is 647. The number of carboxylic acids is 1. The number of amides is 1. The summed E-state index contributed by atoms with van der Waals surface area (Å²) < 4.78 is 31.4. The molecule has 0 saturated heterocycles. The molecular weight excluding hydrogens is 300 g/mol. The Balaban J connectivity index is 2.99. The van der Waals surface area contributed by atoms with Crippen molar-refractivity contribution in [2.45, 2.75) is 32.1 Å². The molecule has 0 aromatic carbocycles. The van der Waals surface area contributed by atoms with E-state index in [1.54, 1.807) is 0 Å². The van der Waals surface area contributed by atoms with E-state index in [0.29, 0.717) is 6.54 Å². The first-order valence-electron chi connectivity index (χ1n) is 6.30. The van der Waals surface area contributed by atoms with E-state index in [0.717, 1.165) is 6.42 Å². The van der Waals surface area contributed by atoms with Gasteiger partial charge in [-0.1, -0.05) is 6.92 Å². The minimum absolute atomic E-state index is 0.00388. The highest BCUT2D eigenvalue weighted by atomic mass is 32.2. The number of carbonyl (C=O) groups excluding carboxylic acids is 1. The maximum atomic E-state index is 12.2. The van der Waals surface area contributed by atoms with Crippen LogP contribution in [0.1, 0.15) is 35.2 Å². The van der Waals surface area contributed by atoms with E-state index >= 15 is 0 Å². The van der Waals surface area contributed by atoms with Crippen molar-refractivity contribution in [1.82, 2.24) is 10.0 Å². The Morgan fingerprint density at radius 1 is 1.24 bits per heavy atom. The lowest BCUT2D eigenvalue weighted by atomic mass is 10.2. The van der Waals surface area contributed by atoms with Crippen molar-refractivity contribution in [2.75, 3.05) is 13.1 Å². The molecule has 118 valence electrons. The summed E-state index contributed by atoms with van der Waals surface area (Å²) in [7, 11) is -4.15. The minimum Gasteiger partial charge on any atom is -0.478 e. The average Bonchev–Trinajstić information content (AvgIpc) is 2.69. The first kappa shape index (κ1) is 17.2. The van der Waals surface area contributed by atoms with Crippen LogP contribution in [0.3, 0.4) is 0 Å². The van der Waals surface area contributed by atoms with E-state index in [2.05, 4.69) is 10.0 Å². The third kappa shape index (κ3) is 4.05. The van der Waals surface area contributed by atoms with Crippen LogP contribution in [0.4, 0.5) is 0 Å². The van der Waals surface area contributed by atoms with Crippen molar-refractivity contribution in [3.8, 4) is 0 Å². The predicted molar refractivity (Wildman–Crippen MR) is 73.6 cm³/mol. The van der Waals surface area contributed by atoms with Crippen molar-refractivity contribution in [1.29, 1.82) is 0 Å². The lowest BCUT2D eigenvalue weighted by Gasteiger charge is -2.07. The van der Waals surface area contributed by atoms with Gasteiger partial charge in [0.05, 0.1) is 6.54 Å². The van der Waals surface area contributed by atoms with Crippen LogP contribution >= 0.6 is 0 Å². The highest BCUT2D eigenvalue weighted by Crippen LogP contribution is 2.26. The molecule has 0 unspecified atom stereocenters. The fourth-order valence-corrected chi connectivity index (χ4v) is 3.18. The van der Waals surface area contributed by atoms with Crippen molar-refractivity contribution in [2.24, 2.45) is 0 Å². The number of hydrogen-bond donors (Lipinski definition) is 3. The van der Waals surface area contributed by atoms with Crippen molar-refractivity contribution < 1.29 is 27.5 Å². The molecule has 1 aromatic rings. The largest absolute Gasteiger partial charge is 0.478 e. The first-order chi connectivity index (χ1) is 9.70. The molecule has 9 heteroatoms. The molecule has 8 nitrogen and oxygen atoms in total. The quantitative estimate of drug-likeness (QED) is 0.668. The number of furan rings is 1. The molecule has 0 aliphatic heterocycles. The van der Waals surface area contributed by atoms with Gasteiger partial charge in [-0.15, -0.1) is 0 Å². The van der Waals surface area contributed by atoms with Crippen LogP contribution < -0.4 is 10.0 Å². The summed E-state index contributed by atoms with van der Waals surface area (Å²) in [6.07, 6.45) is 0.724. The van der Waals surface area contributed by atoms with Gasteiger partial charge in [-0.05, 0) is 20.3 Å². The van der Waals surface area contributed by atoms with E-state index in [4.69, 9.17) is 9.52 Å². The van der Waals surface area contributed by atoms with Crippen molar-refractivity contribution in [3.63, 3.8) is 0 Å². The maximum absolute atomic E-state index is 12.2. The Hall–Kier alpha value is -1.87. The summed E-state index contributed by atoms with van der Waals surface area (Å²) in [5, 5.41) is 11.6. The second-order valence-electron chi connectivity index (χ2n) is 4.40. The zero-order valence-electron chi connectivity index (χ0n) is 12.0. The number of carboxylic acid groups (broad SMARTS) is 1. The average molecular weight is 318 g/mol. The molecule has 0 bridgehead atoms. The number of nitrogens with one attached hydrogen (secondary N) is 2. The van der Waals surface area contributed by atoms with E-state index < -0.39 is 38.9 Å². The summed E-state index contributed by atoms with van der Waals surface area (Å²) in [6.45, 7) is 4.55. The molecule has 1 amide bonds. The maximum Gasteiger partial charge on any atom is 0.340 e. The summed E-state index contributed by atoms with van der Waals surface area (Å²) in [4.78, 5) is 22.1. The number of carbonyl (C=O) groups is 2. The zero-order valence-corrected chi connectivity index (χ0v) is 12.8. The number of sulfonamides is 1. The fraction of sp³-hybridized carbons (Fsp3) is 0.500. The van der Waals surface area contributed by atoms with E-state index in [1.165, 1.54) is 13.8 Å². The van der Waals surface area contributed by atoms with Gasteiger partial charge in [-0.2, -0.15) is 0 Å². The van der Waals surface area contributed by atoms with Crippen molar-refractivity contribution in [3.05, 3.63) is 17.1 Å². The van der Waals surface area contributed by atoms with E-state index in [1.807, 2.05) is 6.92 Å². The molecule has 1 rings (SSSR count). The highest BCUT2D eigenvalue weighted by Gasteiger charge is 2.30. The number of aromatic carboxylic acids is 1. The molecule has 3 N–H and O–H groups in total. The van der Waals surface area contributed by atoms with Gasteiger partial charge < -0.3 is 14.8 Å². The van der Waals surface area contributed by atoms with Gasteiger partial charge in [-0.25, -0.2) is 17.9 Å². The van der Waals surface area contributed by atoms with Crippen molar-refractivity contribution >= 4 is 21.9 Å². The van der Waals surface area contributed by atoms with Gasteiger partial charge in [0.15, 0.2) is 0 Å². The Kier molecular flexibility index (Phi) is 5.50. The number of aryl methyl sites for hydroxylation is 2. The SMILES string of the molecule is CCCNC(=O)CNS(=O)(=O)c1c(C)oc(C)c1C(=O)O. The summed E-state index contributed by atoms with van der Waals surface area (Å²) >= 11 is 0. The molecule has 0 spiro atoms. The van der Waals surface area contributed by atoms with Crippen LogP contribution in [0, 0.1) is 13.8 Å². The molecule has 0 saturated carbocycles. The molecule has 1 aromatic heterocycles. The summed E-state index contributed by atoms with van der Waals surface area (Å²) in [6, 6.07) is 0. The summed E-state index contributed by atoms with van der Waals surface area (Å²) in [5.74, 6) is -1.93. The first-order valence-corrected chi connectivity index (χ1v) is 7.78. The van der Waals surface area contributed by atoms with Gasteiger partial charge in [0.1, 0.15) is 22.0 Å². The number of hydrogen-bond acceptors (Lipinski definition) is 5. The van der Waals surface area contributed by atoms with Gasteiger partial charge in [0.2, 0.25) is 15.9 Å². The standard InChI is InChI=1S/C12H18N2O6S/c1-4-5-13-9(15)6-14-21(18,19)11-8(3)20-7(2)10(11)12(16)17/h14H,4-6H2,1-3H3,(H,13,15)(H,16,17). The van der Waals surface area contributed by atoms with Crippen LogP contribution in [0.15, 0.2) is 9.31 Å². The van der Waals surface area contributed by atoms with E-state index in [-0.39, 0.29) is 11.5 Å². The van der Waals surface area contributed by atoms with Crippen LogP contribution in [0.2, 0.25) is 0 Å². The lowest BCUT2D eigenvalue weighted by Crippen LogP contribution is -2.37. The predicted octanol–water partition coefficient (Wildman–Crippen LogP) is 0.399. The molecular formula is C12H18N2O6S. The van der Waals surface area contributed by atoms with Crippen LogP contribution in [-0.4, -0.2) is 38.5 Å². The second-order valence-corrected chi connectivity index (χ2v) is 6.10. The highest BCUT2D eigenvalue weighted by molar-refractivity contribution is 7.89. The Morgan fingerprint density at radius 3 is 2.38 bits per heavy atom. The van der Waals surface area contributed by atoms with Gasteiger partial charge in [0, 0.05) is 6.54 Å². The van der Waals surface area contributed by atoms with Gasteiger partial charge >= 0.3 is 5.97 Å². The molecule has 0 aliphatic carbocycles. The monoisotopic (exact) mass is 318 g/mol. The van der Waals surface area contributed by atoms with Crippen LogP contribution in [0.25, 0.3) is 0 Å². The summed E-state index contributed by atoms with van der Waals surface area (Å²) in [5.41, 5.74) is -0.422. The molecule has 1 heterocycles. The molecule has 21 heavy (non-hydrogen) atoms. The third-order valence-corrected chi connectivity index (χ3v) is 4.24. The van der Waals surface area contributed by atoms with Crippen LogP contribution in [-0.2, 0) is 14.8 Å². The molecule has 0 atom stereocenters. The van der Waals surface area contributed by atoms with Crippen LogP contribution in [0.5, 0.6) is 0 Å². The normalized spacial score (nSPS) is 11.4. The third-order valence-electron chi connectivity index (χ3n) is 2.68. The van der Waals surface area contributed by atoms with E-state index in [9.17, 15) is 18.0 Å². The Labute approximate surface area is 122 Å². The zero-order chi connectivity index (χ0) is 16.2. The Morgan fingerprint density at radius 2 is 1.86 bits per heavy atom. The molecule has 0 radical (unpaired) electrons. The lowest BCUT2D eigenvalue weighted by molar-refractivity contribution is -0.119. The topological polar surface area (TPSA) is 126 Å². The number of rotatable bonds is 7. The minimum atomic E-state index is -4.15. The smallest absolute Gasteiger partial charge is 0.340 e. The fourth-order valence-electron chi connectivity index (χ4n) is 1.79. The molecule has 0 fully saturated rings. The molecule has 0 aliphatic rings. The van der Waals surface area contributed by atoms with Gasteiger partial charge in [-0.3, -0.25) is 4.79 Å². The second kappa shape index (κ2) is 6.72.